The number of aromatic hydroxyl groups is 1. The Balaban J connectivity index is 2.21. The summed E-state index contributed by atoms with van der Waals surface area (Å²) in [7, 11) is 3.10. The van der Waals surface area contributed by atoms with Crippen LogP contribution in [-0.2, 0) is 4.74 Å². The molecule has 0 spiro atoms. The number of phenols is 1. The quantitative estimate of drug-likeness (QED) is 0.828. The van der Waals surface area contributed by atoms with Crippen LogP contribution in [0.2, 0.25) is 0 Å². The molecule has 1 aliphatic rings. The summed E-state index contributed by atoms with van der Waals surface area (Å²) >= 11 is 0. The van der Waals surface area contributed by atoms with Gasteiger partial charge in [-0.25, -0.2) is 0 Å². The summed E-state index contributed by atoms with van der Waals surface area (Å²) in [6, 6.07) is 4.84. The first kappa shape index (κ1) is 14.7. The number of benzene rings is 1. The number of nitrogens with zero attached hydrogens (tertiary/aromatic N) is 1. The van der Waals surface area contributed by atoms with Crippen molar-refractivity contribution in [2.45, 2.75) is 12.8 Å². The van der Waals surface area contributed by atoms with E-state index >= 15 is 0 Å². The Bertz CT molecular complexity index is 471. The van der Waals surface area contributed by atoms with Crippen LogP contribution < -0.4 is 4.74 Å². The number of carbonyl (C=O) groups excluding carboxylic acids is 1. The summed E-state index contributed by atoms with van der Waals surface area (Å²) < 4.78 is 10.2. The SMILES string of the molecule is COCCN(CC1CC1)C(=O)c1c(O)cccc1OC. The molecule has 1 aromatic carbocycles. The van der Waals surface area contributed by atoms with Crippen molar-refractivity contribution in [3.63, 3.8) is 0 Å². The molecule has 5 nitrogen and oxygen atoms in total. The molecule has 1 fully saturated rings. The number of ether oxygens (including phenoxy) is 2. The summed E-state index contributed by atoms with van der Waals surface area (Å²) in [6.45, 7) is 1.71. The lowest BCUT2D eigenvalue weighted by Gasteiger charge is -2.23. The number of hydrogen-bond donors (Lipinski definition) is 1. The highest BCUT2D eigenvalue weighted by Gasteiger charge is 2.29. The van der Waals surface area contributed by atoms with Gasteiger partial charge in [0.2, 0.25) is 0 Å². The van der Waals surface area contributed by atoms with Crippen molar-refractivity contribution in [3.05, 3.63) is 23.8 Å². The van der Waals surface area contributed by atoms with Crippen molar-refractivity contribution >= 4 is 5.91 Å². The highest BCUT2D eigenvalue weighted by molar-refractivity contribution is 5.99. The molecule has 1 N–H and O–H groups in total. The molecule has 1 saturated carbocycles. The Morgan fingerprint density at radius 1 is 1.40 bits per heavy atom. The lowest BCUT2D eigenvalue weighted by atomic mass is 10.1. The van der Waals surface area contributed by atoms with Gasteiger partial charge >= 0.3 is 0 Å². The van der Waals surface area contributed by atoms with Gasteiger partial charge in [0, 0.05) is 20.2 Å². The van der Waals surface area contributed by atoms with Gasteiger partial charge in [-0.05, 0) is 30.9 Å². The number of hydrogen-bond acceptors (Lipinski definition) is 4. The maximum atomic E-state index is 12.6. The van der Waals surface area contributed by atoms with Gasteiger partial charge in [-0.1, -0.05) is 6.07 Å². The fraction of sp³-hybridized carbons (Fsp3) is 0.533. The molecule has 1 aromatic rings. The highest BCUT2D eigenvalue weighted by atomic mass is 16.5. The summed E-state index contributed by atoms with van der Waals surface area (Å²) in [5, 5.41) is 9.96. The van der Waals surface area contributed by atoms with E-state index < -0.39 is 0 Å². The van der Waals surface area contributed by atoms with Gasteiger partial charge in [0.25, 0.3) is 5.91 Å². The average molecular weight is 279 g/mol. The minimum absolute atomic E-state index is 0.0486. The van der Waals surface area contributed by atoms with Crippen LogP contribution in [0.25, 0.3) is 0 Å². The molecule has 1 aliphatic carbocycles. The number of methoxy groups -OCH3 is 2. The lowest BCUT2D eigenvalue weighted by molar-refractivity contribution is 0.0680. The van der Waals surface area contributed by atoms with E-state index in [1.54, 1.807) is 24.1 Å². The topological polar surface area (TPSA) is 59.0 Å². The van der Waals surface area contributed by atoms with Crippen LogP contribution in [0.1, 0.15) is 23.2 Å². The van der Waals surface area contributed by atoms with Crippen LogP contribution in [0, 0.1) is 5.92 Å². The smallest absolute Gasteiger partial charge is 0.261 e. The molecule has 5 heteroatoms. The van der Waals surface area contributed by atoms with Gasteiger partial charge in [0.15, 0.2) is 0 Å². The van der Waals surface area contributed by atoms with Crippen LogP contribution in [0.15, 0.2) is 18.2 Å². The lowest BCUT2D eigenvalue weighted by Crippen LogP contribution is -2.35. The predicted molar refractivity (Wildman–Crippen MR) is 75.2 cm³/mol. The van der Waals surface area contributed by atoms with E-state index in [4.69, 9.17) is 9.47 Å². The largest absolute Gasteiger partial charge is 0.507 e. The molecule has 0 saturated heterocycles. The van der Waals surface area contributed by atoms with Crippen LogP contribution in [0.3, 0.4) is 0 Å². The van der Waals surface area contributed by atoms with E-state index in [0.29, 0.717) is 31.4 Å². The molecule has 0 heterocycles. The predicted octanol–water partition coefficient (Wildman–Crippen LogP) is 1.90. The monoisotopic (exact) mass is 279 g/mol. The first-order valence-electron chi connectivity index (χ1n) is 6.81. The summed E-state index contributed by atoms with van der Waals surface area (Å²) in [5.41, 5.74) is 0.228. The summed E-state index contributed by atoms with van der Waals surface area (Å²) in [6.07, 6.45) is 2.32. The third-order valence-electron chi connectivity index (χ3n) is 3.47. The van der Waals surface area contributed by atoms with Crippen molar-refractivity contribution in [2.75, 3.05) is 33.9 Å². The highest BCUT2D eigenvalue weighted by Crippen LogP contribution is 2.32. The Hall–Kier alpha value is -1.75. The molecule has 0 bridgehead atoms. The fourth-order valence-electron chi connectivity index (χ4n) is 2.15. The van der Waals surface area contributed by atoms with Crippen LogP contribution in [0.4, 0.5) is 0 Å². The zero-order chi connectivity index (χ0) is 14.5. The van der Waals surface area contributed by atoms with Gasteiger partial charge in [-0.3, -0.25) is 4.79 Å². The number of carbonyl (C=O) groups is 1. The minimum Gasteiger partial charge on any atom is -0.507 e. The standard InChI is InChI=1S/C15H21NO4/c1-19-9-8-16(10-11-6-7-11)15(18)14-12(17)4-3-5-13(14)20-2/h3-5,11,17H,6-10H2,1-2H3. The van der Waals surface area contributed by atoms with Gasteiger partial charge in [0.1, 0.15) is 17.1 Å². The molecule has 110 valence electrons. The second-order valence-electron chi connectivity index (χ2n) is 5.04. The van der Waals surface area contributed by atoms with Crippen LogP contribution >= 0.6 is 0 Å². The molecule has 0 aromatic heterocycles. The maximum absolute atomic E-state index is 12.6. The zero-order valence-electron chi connectivity index (χ0n) is 12.0. The average Bonchev–Trinajstić information content (AvgIpc) is 3.26. The molecule has 0 unspecified atom stereocenters. The van der Waals surface area contributed by atoms with Gasteiger partial charge < -0.3 is 19.5 Å². The number of rotatable bonds is 7. The van der Waals surface area contributed by atoms with Crippen molar-refractivity contribution in [2.24, 2.45) is 5.92 Å². The summed E-state index contributed by atoms with van der Waals surface area (Å²) in [5.74, 6) is 0.720. The Morgan fingerprint density at radius 2 is 2.15 bits per heavy atom. The van der Waals surface area contributed by atoms with E-state index in [1.165, 1.54) is 13.2 Å². The zero-order valence-corrected chi connectivity index (χ0v) is 12.0. The van der Waals surface area contributed by atoms with Crippen LogP contribution in [0.5, 0.6) is 11.5 Å². The molecule has 0 atom stereocenters. The van der Waals surface area contributed by atoms with Crippen molar-refractivity contribution in [1.82, 2.24) is 4.90 Å². The van der Waals surface area contributed by atoms with E-state index in [2.05, 4.69) is 0 Å². The summed E-state index contributed by atoms with van der Waals surface area (Å²) in [4.78, 5) is 14.4. The number of amides is 1. The Kier molecular flexibility index (Phi) is 4.84. The van der Waals surface area contributed by atoms with Gasteiger partial charge in [-0.15, -0.1) is 0 Å². The normalized spacial score (nSPS) is 14.1. The molecule has 1 amide bonds. The van der Waals surface area contributed by atoms with E-state index in [1.807, 2.05) is 0 Å². The van der Waals surface area contributed by atoms with Crippen molar-refractivity contribution in [1.29, 1.82) is 0 Å². The van der Waals surface area contributed by atoms with Crippen molar-refractivity contribution < 1.29 is 19.4 Å². The Morgan fingerprint density at radius 3 is 2.75 bits per heavy atom. The second-order valence-corrected chi connectivity index (χ2v) is 5.04. The van der Waals surface area contributed by atoms with Gasteiger partial charge in [-0.2, -0.15) is 0 Å². The molecule has 2 rings (SSSR count). The molecule has 0 aliphatic heterocycles. The molecular formula is C15H21NO4. The third-order valence-corrected chi connectivity index (χ3v) is 3.47. The van der Waals surface area contributed by atoms with E-state index in [0.717, 1.165) is 12.8 Å². The maximum Gasteiger partial charge on any atom is 0.261 e. The molecule has 0 radical (unpaired) electrons. The van der Waals surface area contributed by atoms with Gasteiger partial charge in [0.05, 0.1) is 13.7 Å². The third kappa shape index (κ3) is 3.42. The second kappa shape index (κ2) is 6.61. The first-order valence-corrected chi connectivity index (χ1v) is 6.81. The van der Waals surface area contributed by atoms with Crippen molar-refractivity contribution in [3.8, 4) is 11.5 Å². The van der Waals surface area contributed by atoms with E-state index in [-0.39, 0.29) is 17.2 Å². The molecule has 20 heavy (non-hydrogen) atoms. The molecular weight excluding hydrogens is 258 g/mol. The number of phenolic OH excluding ortho intramolecular Hbond substituents is 1. The fourth-order valence-corrected chi connectivity index (χ4v) is 2.15. The minimum atomic E-state index is -0.205. The first-order chi connectivity index (χ1) is 9.67. The van der Waals surface area contributed by atoms with Crippen LogP contribution in [-0.4, -0.2) is 49.8 Å². The van der Waals surface area contributed by atoms with E-state index in [9.17, 15) is 9.90 Å². The Labute approximate surface area is 119 Å².